The monoisotopic (exact) mass is 400 g/mol. The van der Waals surface area contributed by atoms with Crippen LogP contribution in [0.25, 0.3) is 22.2 Å². The molecule has 0 radical (unpaired) electrons. The van der Waals surface area contributed by atoms with Gasteiger partial charge in [-0.25, -0.2) is 9.78 Å². The summed E-state index contributed by atoms with van der Waals surface area (Å²) in [5.41, 5.74) is 5.43. The van der Waals surface area contributed by atoms with E-state index in [9.17, 15) is 4.79 Å². The number of imidazole rings is 1. The van der Waals surface area contributed by atoms with E-state index in [1.807, 2.05) is 30.3 Å². The van der Waals surface area contributed by atoms with E-state index < -0.39 is 0 Å². The number of benzene rings is 2. The molecule has 2 aromatic heterocycles. The van der Waals surface area contributed by atoms with Gasteiger partial charge in [-0.3, -0.25) is 0 Å². The van der Waals surface area contributed by atoms with Crippen molar-refractivity contribution in [3.8, 4) is 11.1 Å². The van der Waals surface area contributed by atoms with E-state index in [0.29, 0.717) is 12.1 Å². The van der Waals surface area contributed by atoms with Crippen LogP contribution < -0.4 is 0 Å². The third kappa shape index (κ3) is 3.94. The summed E-state index contributed by atoms with van der Waals surface area (Å²) in [7, 11) is 1.40. The molecule has 0 aliphatic rings. The quantitative estimate of drug-likeness (QED) is 0.422. The van der Waals surface area contributed by atoms with Gasteiger partial charge in [0.25, 0.3) is 0 Å². The number of unbranched alkanes of at least 4 members (excludes halogenated alkanes) is 1. The minimum absolute atomic E-state index is 0.332. The number of carbonyl (C=O) groups is 1. The van der Waals surface area contributed by atoms with E-state index in [1.165, 1.54) is 7.11 Å². The molecule has 6 nitrogen and oxygen atoms in total. The molecule has 0 spiro atoms. The lowest BCUT2D eigenvalue weighted by atomic mass is 9.98. The molecule has 0 aliphatic carbocycles. The SMILES string of the molecule is CCCCc1nc2cnncc2n1Cc1ccc(-c2ccccc2C(=O)OC)cc1. The molecule has 0 fully saturated rings. The van der Waals surface area contributed by atoms with Crippen molar-refractivity contribution < 1.29 is 9.53 Å². The van der Waals surface area contributed by atoms with Gasteiger partial charge in [0.2, 0.25) is 0 Å². The van der Waals surface area contributed by atoms with Gasteiger partial charge in [0.05, 0.1) is 30.6 Å². The van der Waals surface area contributed by atoms with Crippen molar-refractivity contribution >= 4 is 17.0 Å². The lowest BCUT2D eigenvalue weighted by molar-refractivity contribution is 0.0601. The Hall–Kier alpha value is -3.54. The van der Waals surface area contributed by atoms with Gasteiger partial charge >= 0.3 is 5.97 Å². The van der Waals surface area contributed by atoms with Gasteiger partial charge < -0.3 is 9.30 Å². The number of fused-ring (bicyclic) bond motifs is 1. The Bertz CT molecular complexity index is 1170. The van der Waals surface area contributed by atoms with E-state index >= 15 is 0 Å². The average molecular weight is 400 g/mol. The third-order valence-electron chi connectivity index (χ3n) is 5.23. The first-order chi connectivity index (χ1) is 14.7. The number of rotatable bonds is 7. The number of aryl methyl sites for hydroxylation is 1. The molecule has 30 heavy (non-hydrogen) atoms. The largest absolute Gasteiger partial charge is 0.465 e. The smallest absolute Gasteiger partial charge is 0.338 e. The molecule has 2 heterocycles. The number of aromatic nitrogens is 4. The highest BCUT2D eigenvalue weighted by Crippen LogP contribution is 2.25. The topological polar surface area (TPSA) is 69.9 Å². The highest BCUT2D eigenvalue weighted by atomic mass is 16.5. The Labute approximate surface area is 175 Å². The first-order valence-corrected chi connectivity index (χ1v) is 10.1. The minimum atomic E-state index is -0.332. The molecule has 0 saturated carbocycles. The van der Waals surface area contributed by atoms with Crippen LogP contribution in [-0.4, -0.2) is 32.8 Å². The molecule has 4 rings (SSSR count). The van der Waals surface area contributed by atoms with E-state index in [2.05, 4.69) is 33.8 Å². The van der Waals surface area contributed by atoms with Gasteiger partial charge in [-0.15, -0.1) is 0 Å². The zero-order valence-corrected chi connectivity index (χ0v) is 17.2. The molecule has 0 amide bonds. The second-order valence-electron chi connectivity index (χ2n) is 7.21. The molecule has 2 aromatic carbocycles. The number of ether oxygens (including phenoxy) is 1. The first-order valence-electron chi connectivity index (χ1n) is 10.1. The fourth-order valence-corrected chi connectivity index (χ4v) is 3.64. The fourth-order valence-electron chi connectivity index (χ4n) is 3.64. The molecule has 0 aliphatic heterocycles. The van der Waals surface area contributed by atoms with Crippen LogP contribution in [0.3, 0.4) is 0 Å². The van der Waals surface area contributed by atoms with Crippen LogP contribution in [0.15, 0.2) is 60.9 Å². The van der Waals surface area contributed by atoms with Crippen LogP contribution in [0.5, 0.6) is 0 Å². The highest BCUT2D eigenvalue weighted by Gasteiger charge is 2.14. The summed E-state index contributed by atoms with van der Waals surface area (Å²) in [4.78, 5) is 16.9. The number of hydrogen-bond donors (Lipinski definition) is 0. The predicted octanol–water partition coefficient (Wildman–Crippen LogP) is 4.67. The van der Waals surface area contributed by atoms with Crippen molar-refractivity contribution in [3.63, 3.8) is 0 Å². The molecular formula is C24H24N4O2. The van der Waals surface area contributed by atoms with Gasteiger partial charge in [-0.05, 0) is 29.2 Å². The molecule has 0 saturated heterocycles. The number of esters is 1. The summed E-state index contributed by atoms with van der Waals surface area (Å²) in [6, 6.07) is 15.8. The van der Waals surface area contributed by atoms with Crippen LogP contribution >= 0.6 is 0 Å². The Morgan fingerprint density at radius 1 is 1.03 bits per heavy atom. The summed E-state index contributed by atoms with van der Waals surface area (Å²) in [6.45, 7) is 2.89. The normalized spacial score (nSPS) is 11.0. The molecule has 0 N–H and O–H groups in total. The van der Waals surface area contributed by atoms with Crippen molar-refractivity contribution in [1.29, 1.82) is 0 Å². The standard InChI is InChI=1S/C24H24N4O2/c1-3-4-9-23-27-21-14-25-26-15-22(21)28(23)16-17-10-12-18(13-11-17)19-7-5-6-8-20(19)24(29)30-2/h5-8,10-15H,3-4,9,16H2,1-2H3. The second kappa shape index (κ2) is 8.86. The van der Waals surface area contributed by atoms with Gasteiger partial charge in [0.15, 0.2) is 0 Å². The fraction of sp³-hybridized carbons (Fsp3) is 0.250. The van der Waals surface area contributed by atoms with Crippen LogP contribution in [0, 0.1) is 0 Å². The van der Waals surface area contributed by atoms with Crippen LogP contribution in [0.4, 0.5) is 0 Å². The Morgan fingerprint density at radius 3 is 2.57 bits per heavy atom. The van der Waals surface area contributed by atoms with E-state index in [1.54, 1.807) is 18.5 Å². The minimum Gasteiger partial charge on any atom is -0.465 e. The number of hydrogen-bond acceptors (Lipinski definition) is 5. The van der Waals surface area contributed by atoms with Gasteiger partial charge in [-0.1, -0.05) is 55.8 Å². The lowest BCUT2D eigenvalue weighted by Gasteiger charge is -2.11. The highest BCUT2D eigenvalue weighted by molar-refractivity contribution is 5.97. The molecule has 0 atom stereocenters. The Kier molecular flexibility index (Phi) is 5.84. The lowest BCUT2D eigenvalue weighted by Crippen LogP contribution is -2.06. The van der Waals surface area contributed by atoms with Crippen LogP contribution in [0.1, 0.15) is 41.5 Å². The molecule has 152 valence electrons. The van der Waals surface area contributed by atoms with Crippen molar-refractivity contribution in [2.75, 3.05) is 7.11 Å². The summed E-state index contributed by atoms with van der Waals surface area (Å²) in [5, 5.41) is 8.01. The van der Waals surface area contributed by atoms with E-state index in [0.717, 1.165) is 52.8 Å². The maximum atomic E-state index is 12.1. The number of methoxy groups -OCH3 is 1. The molecular weight excluding hydrogens is 376 g/mol. The van der Waals surface area contributed by atoms with Crippen molar-refractivity contribution in [3.05, 3.63) is 77.9 Å². The van der Waals surface area contributed by atoms with E-state index in [4.69, 9.17) is 9.72 Å². The Morgan fingerprint density at radius 2 is 1.80 bits per heavy atom. The van der Waals surface area contributed by atoms with Gasteiger partial charge in [0.1, 0.15) is 11.3 Å². The second-order valence-corrected chi connectivity index (χ2v) is 7.21. The molecule has 6 heteroatoms. The summed E-state index contributed by atoms with van der Waals surface area (Å²) in [5.74, 6) is 0.725. The Balaban J connectivity index is 1.65. The number of carbonyl (C=O) groups excluding carboxylic acids is 1. The van der Waals surface area contributed by atoms with Gasteiger partial charge in [0, 0.05) is 13.0 Å². The zero-order valence-electron chi connectivity index (χ0n) is 17.2. The zero-order chi connectivity index (χ0) is 20.9. The van der Waals surface area contributed by atoms with Crippen molar-refractivity contribution in [2.24, 2.45) is 0 Å². The predicted molar refractivity (Wildman–Crippen MR) is 116 cm³/mol. The summed E-state index contributed by atoms with van der Waals surface area (Å²) < 4.78 is 7.14. The third-order valence-corrected chi connectivity index (χ3v) is 5.23. The maximum Gasteiger partial charge on any atom is 0.338 e. The summed E-state index contributed by atoms with van der Waals surface area (Å²) >= 11 is 0. The first kappa shape index (κ1) is 19.8. The van der Waals surface area contributed by atoms with Crippen LogP contribution in [-0.2, 0) is 17.7 Å². The summed E-state index contributed by atoms with van der Waals surface area (Å²) in [6.07, 6.45) is 6.63. The molecule has 0 unspecified atom stereocenters. The van der Waals surface area contributed by atoms with E-state index in [-0.39, 0.29) is 5.97 Å². The van der Waals surface area contributed by atoms with Crippen molar-refractivity contribution in [2.45, 2.75) is 32.7 Å². The van der Waals surface area contributed by atoms with Crippen LogP contribution in [0.2, 0.25) is 0 Å². The van der Waals surface area contributed by atoms with Crippen molar-refractivity contribution in [1.82, 2.24) is 19.7 Å². The average Bonchev–Trinajstić information content (AvgIpc) is 3.15. The molecule has 4 aromatic rings. The maximum absolute atomic E-state index is 12.1. The molecule has 0 bridgehead atoms. The van der Waals surface area contributed by atoms with Gasteiger partial charge in [-0.2, -0.15) is 10.2 Å². The number of nitrogens with zero attached hydrogens (tertiary/aromatic N) is 4.